The zero-order valence-corrected chi connectivity index (χ0v) is 74.4. The first-order chi connectivity index (χ1) is 64.1. The standard InChI is InChI=1S/C80H128N36O19/c81-65(126)49(15-6-28-97-73(82)83)110-59(120)37-104-68(129)51(17-8-30-99-75(86)87)112-61(122)39-106-70(131)53(19-10-32-101-77(90)91)114-63(124)41-108-72(133)55(21-12-34-103-79(94)95)116-64(125)42-109-71(132)54(20-11-33-102-78(92)93)115-62(123)40-107-69(130)52(18-9-31-100-76(88)89)113-60(121)38-105-67(128)50(16-7-29-98-74(84)85)111-58(119)22-2-1-5-27-96-66(127)45-13-3-4-14-46(45)80(134)47-25-23-43(117)35-56(47)135-57-36-44(118)24-26-48(57)80/h3-4,13-14,23-26,35-36,49-55,117-118,134H,1-2,5-12,15-22,27-34,37-42H2,(H2,81,126)(H,96,127)(H,104,129)(H,105,128)(H,106,131)(H,107,130)(H,108,133)(H,109,132)(H,110,120)(H,111,119)(H,112,122)(H,113,121)(H,114,124)(H,115,123)(H,116,125)(H4,82,83,97)(H4,84,85,98)(H4,86,87,99)(H4,88,89,100)(H4,90,91,101)(H4,92,93,102)(H4,94,95,103)/t49-,50-,51-,52-,53-,54-,55-/m1/s1. The van der Waals surface area contributed by atoms with E-state index in [4.69, 9.17) is 88.5 Å². The minimum absolute atomic E-state index is 0.00225. The summed E-state index contributed by atoms with van der Waals surface area (Å²) in [6, 6.07) is 5.05. The molecule has 0 saturated carbocycles. The number of benzene rings is 3. The first-order valence-electron chi connectivity index (χ1n) is 43.1. The van der Waals surface area contributed by atoms with Crippen molar-refractivity contribution in [1.82, 2.24) is 112 Å². The number of ether oxygens (including phenoxy) is 1. The van der Waals surface area contributed by atoms with Crippen molar-refractivity contribution in [2.75, 3.05) is 91.6 Å². The topological polar surface area (TPSA) is 954 Å². The number of hydrogen-bond donors (Lipinski definition) is 39. The molecule has 0 bridgehead atoms. The second-order valence-electron chi connectivity index (χ2n) is 30.7. The molecule has 0 aliphatic carbocycles. The predicted molar refractivity (Wildman–Crippen MR) is 490 cm³/mol. The number of nitrogens with two attached hydrogens (primary N) is 8. The minimum atomic E-state index is -1.98. The molecule has 1 aliphatic rings. The van der Waals surface area contributed by atoms with Gasteiger partial charge in [-0.05, 0) is 133 Å². The lowest BCUT2D eigenvalue weighted by atomic mass is 9.76. The number of phenolic OH excluding ortho intramolecular Hbond substituents is 2. The Hall–Kier alpha value is -16.0. The van der Waals surface area contributed by atoms with Crippen LogP contribution in [-0.4, -0.2) is 280 Å². The molecule has 0 aromatic heterocycles. The number of phenols is 2. The molecule has 135 heavy (non-hydrogen) atoms. The third-order valence-electron chi connectivity index (χ3n) is 19.9. The lowest BCUT2D eigenvalue weighted by Gasteiger charge is -2.37. The molecule has 4 rings (SSSR count). The van der Waals surface area contributed by atoms with Crippen LogP contribution in [0.5, 0.6) is 23.0 Å². The van der Waals surface area contributed by atoms with Crippen LogP contribution in [0.15, 0.2) is 60.7 Å². The fraction of sp³-hybridized carbons (Fsp3) is 0.500. The zero-order chi connectivity index (χ0) is 100. The fourth-order valence-corrected chi connectivity index (χ4v) is 13.3. The van der Waals surface area contributed by atoms with E-state index in [9.17, 15) is 87.2 Å². The highest BCUT2D eigenvalue weighted by Crippen LogP contribution is 2.52. The summed E-state index contributed by atoms with van der Waals surface area (Å²) in [4.78, 5) is 203. The molecular weight excluding hydrogens is 1770 g/mol. The highest BCUT2D eigenvalue weighted by molar-refractivity contribution is 5.99. The van der Waals surface area contributed by atoms with Gasteiger partial charge in [-0.25, -0.2) is 0 Å². The van der Waals surface area contributed by atoms with Crippen molar-refractivity contribution in [3.63, 3.8) is 0 Å². The molecule has 15 amide bonds. The number of aliphatic hydroxyl groups is 1. The van der Waals surface area contributed by atoms with Gasteiger partial charge in [0, 0.05) is 93.2 Å². The number of carbonyl (C=O) groups is 15. The molecule has 0 fully saturated rings. The number of carbonyl (C=O) groups excluding carboxylic acids is 15. The van der Waals surface area contributed by atoms with Crippen molar-refractivity contribution in [3.05, 3.63) is 82.9 Å². The summed E-state index contributed by atoms with van der Waals surface area (Å²) in [6.45, 7) is -4.19. The summed E-state index contributed by atoms with van der Waals surface area (Å²) in [7, 11) is 0. The molecular formula is C80H128N36O19. The molecule has 3 aromatic rings. The van der Waals surface area contributed by atoms with E-state index in [-0.39, 0.29) is 206 Å². The first kappa shape index (κ1) is 111. The van der Waals surface area contributed by atoms with Crippen molar-refractivity contribution in [2.45, 2.75) is 163 Å². The number of amides is 15. The Bertz CT molecular complexity index is 4620. The quantitative estimate of drug-likeness (QED) is 0.0142. The molecule has 0 radical (unpaired) electrons. The maximum Gasteiger partial charge on any atom is 0.251 e. The van der Waals surface area contributed by atoms with Gasteiger partial charge in [0.1, 0.15) is 70.9 Å². The second-order valence-corrected chi connectivity index (χ2v) is 30.7. The van der Waals surface area contributed by atoms with Gasteiger partial charge in [-0.1, -0.05) is 24.6 Å². The van der Waals surface area contributed by atoms with Crippen LogP contribution < -0.4 is 162 Å². The SMILES string of the molecule is N=C(N)NCCC[C@@H](NC(=O)CNC(=O)[C@@H](CCCNC(=N)N)NC(=O)CNC(=O)[C@@H](CCCNC(=N)N)NC(=O)CNC(=O)[C@@H](CCCNC(=N)N)NC(=O)CNC(=O)[C@@H](CCCNC(=N)N)NC(=O)CNC(=O)[C@@H](CCCNC(=N)N)NC(=O)CNC(=O)[C@@H](CCCNC(=N)N)NC(=O)CCCCCNC(=O)c1ccccc1C1(O)c2ccc(O)cc2Oc2cc(O)ccc21)C(N)=O. The first-order valence-corrected chi connectivity index (χ1v) is 43.1. The Morgan fingerprint density at radius 1 is 0.289 bits per heavy atom. The summed E-state index contributed by atoms with van der Waals surface area (Å²) in [6.07, 6.45) is 1.14. The largest absolute Gasteiger partial charge is 0.508 e. The Morgan fingerprint density at radius 2 is 0.533 bits per heavy atom. The highest BCUT2D eigenvalue weighted by atomic mass is 16.5. The van der Waals surface area contributed by atoms with E-state index in [1.165, 1.54) is 42.5 Å². The van der Waals surface area contributed by atoms with Crippen LogP contribution in [0.2, 0.25) is 0 Å². The van der Waals surface area contributed by atoms with E-state index < -0.39 is 206 Å². The Balaban J connectivity index is 1.37. The normalized spacial score (nSPS) is 12.8. The highest BCUT2D eigenvalue weighted by Gasteiger charge is 2.45. The van der Waals surface area contributed by atoms with Crippen molar-refractivity contribution < 1.29 is 92.0 Å². The smallest absolute Gasteiger partial charge is 0.251 e. The number of unbranched alkanes of at least 4 members (excludes halogenated alkanes) is 2. The number of primary amides is 1. The molecule has 3 aromatic carbocycles. The molecule has 1 heterocycles. The summed E-state index contributed by atoms with van der Waals surface area (Å²) < 4.78 is 5.95. The van der Waals surface area contributed by atoms with Crippen LogP contribution in [0.3, 0.4) is 0 Å². The van der Waals surface area contributed by atoms with E-state index in [1.807, 2.05) is 0 Å². The number of nitrogens with one attached hydrogen (secondary N) is 28. The van der Waals surface area contributed by atoms with Crippen LogP contribution in [-0.2, 0) is 72.7 Å². The van der Waals surface area contributed by atoms with Gasteiger partial charge in [-0.3, -0.25) is 110 Å². The maximum atomic E-state index is 13.9. The van der Waals surface area contributed by atoms with Gasteiger partial charge in [-0.2, -0.15) is 0 Å². The number of guanidine groups is 7. The summed E-state index contributed by atoms with van der Waals surface area (Å²) in [5.74, 6) is -16.0. The Labute approximate surface area is 775 Å². The summed E-state index contributed by atoms with van der Waals surface area (Å²) in [5.41, 5.74) is 42.1. The predicted octanol–water partition coefficient (Wildman–Crippen LogP) is -10.8. The van der Waals surface area contributed by atoms with Gasteiger partial charge in [0.25, 0.3) is 5.91 Å². The summed E-state index contributed by atoms with van der Waals surface area (Å²) in [5, 5.41) is 138. The van der Waals surface area contributed by atoms with E-state index in [0.29, 0.717) is 19.3 Å². The lowest BCUT2D eigenvalue weighted by molar-refractivity contribution is -0.133. The van der Waals surface area contributed by atoms with E-state index in [0.717, 1.165) is 0 Å². The molecule has 0 spiro atoms. The number of hydrogen-bond acceptors (Lipinski definition) is 26. The van der Waals surface area contributed by atoms with E-state index >= 15 is 0 Å². The van der Waals surface area contributed by atoms with Gasteiger partial charge in [0.2, 0.25) is 82.7 Å². The number of aromatic hydroxyl groups is 2. The molecule has 55 heteroatoms. The third kappa shape index (κ3) is 43.5. The van der Waals surface area contributed by atoms with Crippen molar-refractivity contribution in [1.29, 1.82) is 37.9 Å². The van der Waals surface area contributed by atoms with Gasteiger partial charge < -0.3 is 178 Å². The van der Waals surface area contributed by atoms with Crippen LogP contribution in [0.25, 0.3) is 0 Å². The molecule has 47 N–H and O–H groups in total. The van der Waals surface area contributed by atoms with Crippen LogP contribution >= 0.6 is 0 Å². The summed E-state index contributed by atoms with van der Waals surface area (Å²) >= 11 is 0. The molecule has 1 aliphatic heterocycles. The van der Waals surface area contributed by atoms with Gasteiger partial charge in [0.05, 0.1) is 39.3 Å². The Morgan fingerprint density at radius 3 is 0.800 bits per heavy atom. The zero-order valence-electron chi connectivity index (χ0n) is 74.4. The average molecular weight is 1900 g/mol. The lowest BCUT2D eigenvalue weighted by Crippen LogP contribution is -2.55. The average Bonchev–Trinajstić information content (AvgIpc) is 0.718. The van der Waals surface area contributed by atoms with Crippen molar-refractivity contribution in [2.24, 2.45) is 45.9 Å². The van der Waals surface area contributed by atoms with E-state index in [1.54, 1.807) is 18.2 Å². The maximum absolute atomic E-state index is 13.9. The molecule has 0 saturated heterocycles. The van der Waals surface area contributed by atoms with Crippen LogP contribution in [0, 0.1) is 37.9 Å². The molecule has 7 atom stereocenters. The fourth-order valence-electron chi connectivity index (χ4n) is 13.3. The van der Waals surface area contributed by atoms with Crippen molar-refractivity contribution in [3.8, 4) is 23.0 Å². The van der Waals surface area contributed by atoms with Gasteiger partial charge >= 0.3 is 0 Å². The monoisotopic (exact) mass is 1900 g/mol. The van der Waals surface area contributed by atoms with Gasteiger partial charge in [0.15, 0.2) is 41.7 Å². The number of fused-ring (bicyclic) bond motifs is 2. The van der Waals surface area contributed by atoms with Crippen LogP contribution in [0.4, 0.5) is 0 Å². The molecule has 0 unspecified atom stereocenters. The minimum Gasteiger partial charge on any atom is -0.508 e. The molecule has 55 nitrogen and oxygen atoms in total. The van der Waals surface area contributed by atoms with Crippen molar-refractivity contribution >= 4 is 130 Å². The molecule has 742 valence electrons. The third-order valence-corrected chi connectivity index (χ3v) is 19.9. The van der Waals surface area contributed by atoms with E-state index in [2.05, 4.69) is 112 Å². The second kappa shape index (κ2) is 59.3. The van der Waals surface area contributed by atoms with Crippen LogP contribution in [0.1, 0.15) is 143 Å². The Kier molecular flexibility index (Phi) is 48.9. The number of rotatable bonds is 62. The van der Waals surface area contributed by atoms with Gasteiger partial charge in [-0.15, -0.1) is 0 Å².